The molecule has 2 aromatic rings. The Balaban J connectivity index is 1.49. The maximum absolute atomic E-state index is 11.7. The number of nitrogens with one attached hydrogen (secondary N) is 1. The molecule has 6 nitrogen and oxygen atoms in total. The van der Waals surface area contributed by atoms with Gasteiger partial charge in [-0.3, -0.25) is 4.79 Å². The SMILES string of the molecule is O=C(Cc1ccsc1)NCc1noc([C@H]2CCCO2)n1. The minimum atomic E-state index is -0.0854. The second-order valence-corrected chi connectivity index (χ2v) is 5.42. The van der Waals surface area contributed by atoms with Crippen LogP contribution in [0, 0.1) is 0 Å². The first-order valence-corrected chi connectivity index (χ1v) is 7.47. The normalized spacial score (nSPS) is 18.3. The molecular weight excluding hydrogens is 278 g/mol. The second-order valence-electron chi connectivity index (χ2n) is 4.64. The summed E-state index contributed by atoms with van der Waals surface area (Å²) in [4.78, 5) is 16.0. The van der Waals surface area contributed by atoms with Crippen LogP contribution in [-0.4, -0.2) is 22.7 Å². The number of aromatic nitrogens is 2. The first-order valence-electron chi connectivity index (χ1n) is 6.53. The van der Waals surface area contributed by atoms with Crippen molar-refractivity contribution in [3.63, 3.8) is 0 Å². The van der Waals surface area contributed by atoms with E-state index in [9.17, 15) is 4.79 Å². The van der Waals surface area contributed by atoms with Gasteiger partial charge in [0.2, 0.25) is 5.91 Å². The molecule has 1 saturated heterocycles. The van der Waals surface area contributed by atoms with Crippen molar-refractivity contribution in [2.24, 2.45) is 0 Å². The minimum Gasteiger partial charge on any atom is -0.368 e. The highest BCUT2D eigenvalue weighted by Crippen LogP contribution is 2.26. The van der Waals surface area contributed by atoms with Gasteiger partial charge in [0.25, 0.3) is 5.89 Å². The molecule has 0 aliphatic carbocycles. The fourth-order valence-electron chi connectivity index (χ4n) is 2.06. The van der Waals surface area contributed by atoms with Gasteiger partial charge in [-0.1, -0.05) is 5.16 Å². The van der Waals surface area contributed by atoms with Gasteiger partial charge in [0.05, 0.1) is 13.0 Å². The molecule has 3 rings (SSSR count). The van der Waals surface area contributed by atoms with Crippen molar-refractivity contribution < 1.29 is 14.1 Å². The highest BCUT2D eigenvalue weighted by atomic mass is 32.1. The first-order chi connectivity index (χ1) is 9.81. The summed E-state index contributed by atoms with van der Waals surface area (Å²) >= 11 is 1.58. The van der Waals surface area contributed by atoms with Crippen LogP contribution in [-0.2, 0) is 22.5 Å². The van der Waals surface area contributed by atoms with Crippen LogP contribution in [0.25, 0.3) is 0 Å². The molecular formula is C13H15N3O3S. The standard InChI is InChI=1S/C13H15N3O3S/c17-12(6-9-3-5-20-8-9)14-7-11-15-13(19-16-11)10-2-1-4-18-10/h3,5,8,10H,1-2,4,6-7H2,(H,14,17)/t10-/m1/s1. The Morgan fingerprint density at radius 1 is 1.55 bits per heavy atom. The molecule has 0 spiro atoms. The van der Waals surface area contributed by atoms with Crippen LogP contribution in [0.1, 0.15) is 36.2 Å². The highest BCUT2D eigenvalue weighted by Gasteiger charge is 2.23. The maximum atomic E-state index is 11.7. The van der Waals surface area contributed by atoms with E-state index in [1.165, 1.54) is 0 Å². The molecule has 1 fully saturated rings. The van der Waals surface area contributed by atoms with Crippen LogP contribution >= 0.6 is 11.3 Å². The van der Waals surface area contributed by atoms with Gasteiger partial charge in [0.15, 0.2) is 5.82 Å². The number of amides is 1. The summed E-state index contributed by atoms with van der Waals surface area (Å²) in [5.41, 5.74) is 1.01. The fraction of sp³-hybridized carbons (Fsp3) is 0.462. The summed E-state index contributed by atoms with van der Waals surface area (Å²) < 4.78 is 10.6. The van der Waals surface area contributed by atoms with Gasteiger partial charge in [0.1, 0.15) is 6.10 Å². The summed E-state index contributed by atoms with van der Waals surface area (Å²) in [6.45, 7) is 1.01. The van der Waals surface area contributed by atoms with Crippen molar-refractivity contribution in [2.45, 2.75) is 31.9 Å². The molecule has 1 N–H and O–H groups in total. The smallest absolute Gasteiger partial charge is 0.255 e. The first kappa shape index (κ1) is 13.3. The van der Waals surface area contributed by atoms with Crippen LogP contribution in [0.3, 0.4) is 0 Å². The van der Waals surface area contributed by atoms with Crippen LogP contribution in [0.5, 0.6) is 0 Å². The molecule has 0 bridgehead atoms. The van der Waals surface area contributed by atoms with E-state index in [0.717, 1.165) is 25.0 Å². The largest absolute Gasteiger partial charge is 0.368 e. The van der Waals surface area contributed by atoms with Crippen LogP contribution in [0.4, 0.5) is 0 Å². The lowest BCUT2D eigenvalue weighted by atomic mass is 10.2. The Morgan fingerprint density at radius 2 is 2.50 bits per heavy atom. The number of carbonyl (C=O) groups excluding carboxylic acids is 1. The van der Waals surface area contributed by atoms with E-state index >= 15 is 0 Å². The second kappa shape index (κ2) is 6.15. The van der Waals surface area contributed by atoms with Crippen molar-refractivity contribution >= 4 is 17.2 Å². The van der Waals surface area contributed by atoms with Crippen LogP contribution in [0.2, 0.25) is 0 Å². The van der Waals surface area contributed by atoms with E-state index in [1.807, 2.05) is 16.8 Å². The molecule has 1 amide bonds. The zero-order valence-corrected chi connectivity index (χ0v) is 11.7. The molecule has 20 heavy (non-hydrogen) atoms. The summed E-state index contributed by atoms with van der Waals surface area (Å²) in [7, 11) is 0. The zero-order chi connectivity index (χ0) is 13.8. The molecule has 1 aliphatic rings. The Bertz CT molecular complexity index is 561. The Morgan fingerprint density at radius 3 is 3.25 bits per heavy atom. The number of nitrogens with zero attached hydrogens (tertiary/aromatic N) is 2. The molecule has 7 heteroatoms. The lowest BCUT2D eigenvalue weighted by molar-refractivity contribution is -0.120. The molecule has 0 radical (unpaired) electrons. The van der Waals surface area contributed by atoms with E-state index in [4.69, 9.17) is 9.26 Å². The molecule has 0 unspecified atom stereocenters. The molecule has 1 aliphatic heterocycles. The van der Waals surface area contributed by atoms with E-state index in [-0.39, 0.29) is 18.6 Å². The third-order valence-corrected chi connectivity index (χ3v) is 3.81. The van der Waals surface area contributed by atoms with E-state index in [1.54, 1.807) is 11.3 Å². The topological polar surface area (TPSA) is 77.2 Å². The summed E-state index contributed by atoms with van der Waals surface area (Å²) in [6, 6.07) is 1.94. The van der Waals surface area contributed by atoms with Gasteiger partial charge in [0, 0.05) is 6.61 Å². The molecule has 2 aromatic heterocycles. The van der Waals surface area contributed by atoms with Crippen molar-refractivity contribution in [1.29, 1.82) is 0 Å². The van der Waals surface area contributed by atoms with Gasteiger partial charge in [-0.05, 0) is 35.2 Å². The van der Waals surface area contributed by atoms with E-state index in [2.05, 4.69) is 15.5 Å². The Labute approximate surface area is 120 Å². The van der Waals surface area contributed by atoms with Crippen molar-refractivity contribution in [3.8, 4) is 0 Å². The minimum absolute atomic E-state index is 0.0492. The van der Waals surface area contributed by atoms with Gasteiger partial charge in [-0.15, -0.1) is 0 Å². The highest BCUT2D eigenvalue weighted by molar-refractivity contribution is 7.07. The average molecular weight is 293 g/mol. The van der Waals surface area contributed by atoms with E-state index < -0.39 is 0 Å². The van der Waals surface area contributed by atoms with Crippen LogP contribution in [0.15, 0.2) is 21.3 Å². The maximum Gasteiger partial charge on any atom is 0.255 e. The number of hydrogen-bond acceptors (Lipinski definition) is 6. The average Bonchev–Trinajstić information content (AvgIpc) is 3.18. The van der Waals surface area contributed by atoms with Crippen molar-refractivity contribution in [3.05, 3.63) is 34.1 Å². The summed E-state index contributed by atoms with van der Waals surface area (Å²) in [5, 5.41) is 10.5. The number of carbonyl (C=O) groups is 1. The monoisotopic (exact) mass is 293 g/mol. The van der Waals surface area contributed by atoms with E-state index in [0.29, 0.717) is 18.1 Å². The number of rotatable bonds is 5. The van der Waals surface area contributed by atoms with Gasteiger partial charge < -0.3 is 14.6 Å². The predicted octanol–water partition coefficient (Wildman–Crippen LogP) is 1.84. The van der Waals surface area contributed by atoms with Gasteiger partial charge >= 0.3 is 0 Å². The van der Waals surface area contributed by atoms with Crippen molar-refractivity contribution in [1.82, 2.24) is 15.5 Å². The molecule has 106 valence electrons. The van der Waals surface area contributed by atoms with Gasteiger partial charge in [-0.2, -0.15) is 16.3 Å². The van der Waals surface area contributed by atoms with Gasteiger partial charge in [-0.25, -0.2) is 0 Å². The zero-order valence-electron chi connectivity index (χ0n) is 10.9. The molecule has 1 atom stereocenters. The third-order valence-electron chi connectivity index (χ3n) is 3.08. The van der Waals surface area contributed by atoms with Crippen molar-refractivity contribution in [2.75, 3.05) is 6.61 Å². The predicted molar refractivity (Wildman–Crippen MR) is 72.1 cm³/mol. The summed E-state index contributed by atoms with van der Waals surface area (Å²) in [5.74, 6) is 0.936. The lowest BCUT2D eigenvalue weighted by Gasteiger charge is -2.01. The molecule has 0 saturated carbocycles. The lowest BCUT2D eigenvalue weighted by Crippen LogP contribution is -2.24. The number of ether oxygens (including phenoxy) is 1. The third kappa shape index (κ3) is 3.23. The Hall–Kier alpha value is -1.73. The van der Waals surface area contributed by atoms with Crippen LogP contribution < -0.4 is 5.32 Å². The summed E-state index contributed by atoms with van der Waals surface area (Å²) in [6.07, 6.45) is 2.21. The molecule has 0 aromatic carbocycles. The number of hydrogen-bond donors (Lipinski definition) is 1. The molecule has 3 heterocycles. The Kier molecular flexibility index (Phi) is 4.08. The quantitative estimate of drug-likeness (QED) is 0.910. The number of thiophene rings is 1. The fourth-order valence-corrected chi connectivity index (χ4v) is 2.73.